The largest absolute Gasteiger partial charge is 0.491 e. The first-order valence-electron chi connectivity index (χ1n) is 9.19. The van der Waals surface area contributed by atoms with Crippen molar-refractivity contribution in [2.75, 3.05) is 6.61 Å². The van der Waals surface area contributed by atoms with Crippen molar-refractivity contribution < 1.29 is 19.4 Å². The van der Waals surface area contributed by atoms with E-state index in [1.165, 1.54) is 19.3 Å². The van der Waals surface area contributed by atoms with Crippen molar-refractivity contribution in [3.8, 4) is 0 Å². The first kappa shape index (κ1) is 17.7. The number of hydrogen-bond donors (Lipinski definition) is 1. The highest BCUT2D eigenvalue weighted by molar-refractivity contribution is 6.33. The summed E-state index contributed by atoms with van der Waals surface area (Å²) in [6.45, 7) is 8.89. The number of aldehydes is 1. The first-order valence-corrected chi connectivity index (χ1v) is 9.19. The Balaban J connectivity index is 2.00. The summed E-state index contributed by atoms with van der Waals surface area (Å²) in [6.07, 6.45) is 6.74. The Bertz CT molecular complexity index is 590. The number of ketones is 1. The van der Waals surface area contributed by atoms with Crippen LogP contribution in [0.1, 0.15) is 66.2 Å². The normalized spacial score (nSPS) is 42.5. The Hall–Kier alpha value is -1.16. The Morgan fingerprint density at radius 1 is 1.21 bits per heavy atom. The maximum atomic E-state index is 11.8. The molecule has 0 bridgehead atoms. The monoisotopic (exact) mass is 334 g/mol. The second-order valence-electron chi connectivity index (χ2n) is 9.15. The lowest BCUT2D eigenvalue weighted by Crippen LogP contribution is -2.55. The zero-order valence-electron chi connectivity index (χ0n) is 15.4. The average molecular weight is 334 g/mol. The van der Waals surface area contributed by atoms with Crippen molar-refractivity contribution in [1.82, 2.24) is 0 Å². The molecule has 2 aliphatic carbocycles. The van der Waals surface area contributed by atoms with E-state index in [4.69, 9.17) is 4.74 Å². The van der Waals surface area contributed by atoms with Gasteiger partial charge in [-0.15, -0.1) is 0 Å². The Labute approximate surface area is 144 Å². The molecule has 4 nitrogen and oxygen atoms in total. The molecule has 1 heterocycles. The molecule has 0 radical (unpaired) electrons. The number of hydrogen-bond acceptors (Lipinski definition) is 4. The lowest BCUT2D eigenvalue weighted by molar-refractivity contribution is -0.143. The molecule has 134 valence electrons. The molecule has 3 fully saturated rings. The van der Waals surface area contributed by atoms with Gasteiger partial charge < -0.3 is 9.84 Å². The van der Waals surface area contributed by atoms with Crippen LogP contribution in [-0.4, -0.2) is 29.4 Å². The summed E-state index contributed by atoms with van der Waals surface area (Å²) in [6, 6.07) is 0. The SMILES string of the molecule is CC1(C)CCC[C@@]2(C)[C@@H]1CC[C@@]1(C)O/C(=C(\CO)C(=O)C=O)C[C@H]21. The van der Waals surface area contributed by atoms with E-state index in [0.29, 0.717) is 29.4 Å². The Morgan fingerprint density at radius 2 is 1.92 bits per heavy atom. The fourth-order valence-corrected chi connectivity index (χ4v) is 6.25. The molecule has 0 aromatic carbocycles. The predicted octanol–water partition coefficient (Wildman–Crippen LogP) is 3.42. The van der Waals surface area contributed by atoms with E-state index in [2.05, 4.69) is 27.7 Å². The van der Waals surface area contributed by atoms with E-state index in [-0.39, 0.29) is 22.9 Å². The summed E-state index contributed by atoms with van der Waals surface area (Å²) < 4.78 is 6.25. The van der Waals surface area contributed by atoms with Crippen molar-refractivity contribution in [3.63, 3.8) is 0 Å². The fraction of sp³-hybridized carbons (Fsp3) is 0.800. The highest BCUT2D eigenvalue weighted by atomic mass is 16.5. The smallest absolute Gasteiger partial charge is 0.227 e. The van der Waals surface area contributed by atoms with Crippen LogP contribution in [0.4, 0.5) is 0 Å². The van der Waals surface area contributed by atoms with E-state index >= 15 is 0 Å². The van der Waals surface area contributed by atoms with Gasteiger partial charge in [0.1, 0.15) is 11.4 Å². The lowest BCUT2D eigenvalue weighted by Gasteiger charge is -2.59. The van der Waals surface area contributed by atoms with Gasteiger partial charge in [-0.3, -0.25) is 9.59 Å². The van der Waals surface area contributed by atoms with Crippen LogP contribution in [0.5, 0.6) is 0 Å². The highest BCUT2D eigenvalue weighted by Crippen LogP contribution is 2.66. The second-order valence-corrected chi connectivity index (χ2v) is 9.15. The van der Waals surface area contributed by atoms with Crippen LogP contribution in [-0.2, 0) is 14.3 Å². The maximum Gasteiger partial charge on any atom is 0.227 e. The fourth-order valence-electron chi connectivity index (χ4n) is 6.25. The van der Waals surface area contributed by atoms with E-state index in [9.17, 15) is 14.7 Å². The number of fused-ring (bicyclic) bond motifs is 3. The summed E-state index contributed by atoms with van der Waals surface area (Å²) in [5.41, 5.74) is 0.369. The number of carbonyl (C=O) groups is 2. The summed E-state index contributed by atoms with van der Waals surface area (Å²) in [7, 11) is 0. The molecular formula is C20H30O4. The van der Waals surface area contributed by atoms with Gasteiger partial charge in [0.2, 0.25) is 5.78 Å². The molecule has 1 N–H and O–H groups in total. The zero-order chi connectivity index (χ0) is 17.8. The molecule has 1 aliphatic heterocycles. The minimum absolute atomic E-state index is 0.149. The van der Waals surface area contributed by atoms with Gasteiger partial charge in [0, 0.05) is 12.3 Å². The molecule has 0 amide bonds. The zero-order valence-corrected chi connectivity index (χ0v) is 15.4. The van der Waals surface area contributed by atoms with Gasteiger partial charge in [-0.1, -0.05) is 27.2 Å². The number of rotatable bonds is 3. The second kappa shape index (κ2) is 5.69. The van der Waals surface area contributed by atoms with Gasteiger partial charge in [-0.05, 0) is 49.4 Å². The highest BCUT2D eigenvalue weighted by Gasteiger charge is 2.62. The number of allylic oxidation sites excluding steroid dienone is 1. The summed E-state index contributed by atoms with van der Waals surface area (Å²) in [4.78, 5) is 22.7. The van der Waals surface area contributed by atoms with E-state index in [1.807, 2.05) is 0 Å². The lowest BCUT2D eigenvalue weighted by atomic mass is 9.45. The van der Waals surface area contributed by atoms with Crippen molar-refractivity contribution in [3.05, 3.63) is 11.3 Å². The standard InChI is InChI=1S/C20H30O4/c1-18(2)7-5-8-19(3)16(18)6-9-20(4)17(19)10-15(24-20)13(11-21)14(23)12-22/h12,16-17,21H,5-11H2,1-4H3/b15-13+/t16-,17-,19+,20-/m1/s1. The van der Waals surface area contributed by atoms with Gasteiger partial charge in [0.15, 0.2) is 6.29 Å². The van der Waals surface area contributed by atoms with Crippen LogP contribution in [0, 0.1) is 22.7 Å². The molecule has 0 spiro atoms. The van der Waals surface area contributed by atoms with E-state index in [0.717, 1.165) is 12.8 Å². The molecule has 0 unspecified atom stereocenters. The minimum Gasteiger partial charge on any atom is -0.491 e. The quantitative estimate of drug-likeness (QED) is 0.488. The molecule has 24 heavy (non-hydrogen) atoms. The molecule has 4 heteroatoms. The predicted molar refractivity (Wildman–Crippen MR) is 91.2 cm³/mol. The Morgan fingerprint density at radius 3 is 2.54 bits per heavy atom. The molecule has 2 saturated carbocycles. The molecule has 1 saturated heterocycles. The molecule has 0 aromatic rings. The van der Waals surface area contributed by atoms with Gasteiger partial charge in [0.25, 0.3) is 0 Å². The molecular weight excluding hydrogens is 304 g/mol. The van der Waals surface area contributed by atoms with Gasteiger partial charge >= 0.3 is 0 Å². The van der Waals surface area contributed by atoms with Crippen LogP contribution in [0.25, 0.3) is 0 Å². The first-order chi connectivity index (χ1) is 11.2. The third-order valence-electron chi connectivity index (χ3n) is 7.38. The molecule has 3 aliphatic rings. The number of Topliss-reactive ketones (excluding diaryl/α,β-unsaturated/α-hetero) is 1. The van der Waals surface area contributed by atoms with Crippen molar-refractivity contribution in [2.24, 2.45) is 22.7 Å². The van der Waals surface area contributed by atoms with Gasteiger partial charge in [-0.25, -0.2) is 0 Å². The van der Waals surface area contributed by atoms with Crippen molar-refractivity contribution >= 4 is 12.1 Å². The number of ether oxygens (including phenoxy) is 1. The third-order valence-corrected chi connectivity index (χ3v) is 7.38. The number of carbonyl (C=O) groups excluding carboxylic acids is 2. The van der Waals surface area contributed by atoms with Crippen LogP contribution in [0.2, 0.25) is 0 Å². The minimum atomic E-state index is -0.652. The van der Waals surface area contributed by atoms with Gasteiger partial charge in [0.05, 0.1) is 12.2 Å². The van der Waals surface area contributed by atoms with Crippen LogP contribution in [0.3, 0.4) is 0 Å². The van der Waals surface area contributed by atoms with Crippen molar-refractivity contribution in [1.29, 1.82) is 0 Å². The summed E-state index contributed by atoms with van der Waals surface area (Å²) in [5.74, 6) is 0.881. The average Bonchev–Trinajstić information content (AvgIpc) is 2.85. The van der Waals surface area contributed by atoms with Gasteiger partial charge in [-0.2, -0.15) is 0 Å². The Kier molecular flexibility index (Phi) is 4.18. The summed E-state index contributed by atoms with van der Waals surface area (Å²) in [5, 5.41) is 9.57. The van der Waals surface area contributed by atoms with Crippen LogP contribution in [0.15, 0.2) is 11.3 Å². The van der Waals surface area contributed by atoms with Crippen LogP contribution < -0.4 is 0 Å². The molecule has 3 rings (SSSR count). The molecule has 0 aromatic heterocycles. The topological polar surface area (TPSA) is 63.6 Å². The summed E-state index contributed by atoms with van der Waals surface area (Å²) >= 11 is 0. The van der Waals surface area contributed by atoms with E-state index in [1.54, 1.807) is 0 Å². The number of aliphatic hydroxyl groups is 1. The molecule has 4 atom stereocenters. The third kappa shape index (κ3) is 2.45. The van der Waals surface area contributed by atoms with E-state index < -0.39 is 12.4 Å². The van der Waals surface area contributed by atoms with Crippen LogP contribution >= 0.6 is 0 Å². The maximum absolute atomic E-state index is 11.8. The van der Waals surface area contributed by atoms with Crippen molar-refractivity contribution in [2.45, 2.75) is 71.8 Å². The number of aliphatic hydroxyl groups excluding tert-OH is 1.